The summed E-state index contributed by atoms with van der Waals surface area (Å²) in [4.78, 5) is 16.1. The molecule has 0 fully saturated rings. The number of pyridine rings is 1. The van der Waals surface area contributed by atoms with E-state index in [0.29, 0.717) is 19.0 Å². The van der Waals surface area contributed by atoms with Crippen molar-refractivity contribution in [2.24, 2.45) is 5.73 Å². The Labute approximate surface area is 179 Å². The number of nitrogens with zero attached hydrogens (tertiary/aromatic N) is 3. The van der Waals surface area contributed by atoms with Crippen LogP contribution in [0.2, 0.25) is 0 Å². The second kappa shape index (κ2) is 8.47. The van der Waals surface area contributed by atoms with Gasteiger partial charge in [0.15, 0.2) is 5.82 Å². The molecule has 0 radical (unpaired) electrons. The fraction of sp³-hybridized carbons (Fsp3) is 0.261. The van der Waals surface area contributed by atoms with Crippen molar-refractivity contribution in [1.29, 1.82) is 0 Å². The summed E-state index contributed by atoms with van der Waals surface area (Å²) in [6.07, 6.45) is 5.23. The molecule has 1 aliphatic rings. The fourth-order valence-corrected chi connectivity index (χ4v) is 4.96. The van der Waals surface area contributed by atoms with Gasteiger partial charge in [0.05, 0.1) is 18.6 Å². The van der Waals surface area contributed by atoms with E-state index in [1.807, 2.05) is 30.3 Å². The lowest BCUT2D eigenvalue weighted by Crippen LogP contribution is -2.31. The number of thiophene rings is 1. The molecule has 5 rings (SSSR count). The first-order valence-corrected chi connectivity index (χ1v) is 10.9. The van der Waals surface area contributed by atoms with E-state index >= 15 is 0 Å². The summed E-state index contributed by atoms with van der Waals surface area (Å²) in [6.45, 7) is 2.02. The van der Waals surface area contributed by atoms with Crippen LogP contribution in [0.25, 0.3) is 21.6 Å². The topological polar surface area (TPSA) is 86.0 Å². The number of hydrogen-bond donors (Lipinski definition) is 2. The quantitative estimate of drug-likeness (QED) is 0.496. The Hall–Kier alpha value is -2.87. The summed E-state index contributed by atoms with van der Waals surface area (Å²) in [5.41, 5.74) is 9.92. The molecule has 152 valence electrons. The minimum Gasteiger partial charge on any atom is -0.376 e. The van der Waals surface area contributed by atoms with Gasteiger partial charge in [0.25, 0.3) is 0 Å². The van der Waals surface area contributed by atoms with Crippen molar-refractivity contribution < 1.29 is 4.74 Å². The molecule has 0 aliphatic carbocycles. The van der Waals surface area contributed by atoms with Gasteiger partial charge >= 0.3 is 0 Å². The Kier molecular flexibility index (Phi) is 5.40. The summed E-state index contributed by atoms with van der Waals surface area (Å²) in [5.74, 6) is 1.55. The Balaban J connectivity index is 1.48. The van der Waals surface area contributed by atoms with Crippen LogP contribution in [-0.4, -0.2) is 34.1 Å². The Bertz CT molecular complexity index is 1150. The molecular formula is C23H23N5OS. The highest BCUT2D eigenvalue weighted by Crippen LogP contribution is 2.38. The summed E-state index contributed by atoms with van der Waals surface area (Å²) < 4.78 is 5.66. The maximum Gasteiger partial charge on any atom is 0.163 e. The van der Waals surface area contributed by atoms with Gasteiger partial charge < -0.3 is 15.8 Å². The van der Waals surface area contributed by atoms with E-state index in [-0.39, 0.29) is 6.04 Å². The van der Waals surface area contributed by atoms with Crippen LogP contribution >= 0.6 is 11.3 Å². The number of rotatable bonds is 6. The average molecular weight is 418 g/mol. The molecule has 0 amide bonds. The molecule has 1 aliphatic heterocycles. The third kappa shape index (κ3) is 3.92. The first-order chi connectivity index (χ1) is 14.8. The van der Waals surface area contributed by atoms with Gasteiger partial charge in [-0.05, 0) is 36.1 Å². The van der Waals surface area contributed by atoms with E-state index in [4.69, 9.17) is 20.4 Å². The minimum atomic E-state index is -0.0143. The molecule has 1 atom stereocenters. The Morgan fingerprint density at radius 1 is 1.10 bits per heavy atom. The van der Waals surface area contributed by atoms with Crippen LogP contribution < -0.4 is 11.1 Å². The summed E-state index contributed by atoms with van der Waals surface area (Å²) in [6, 6.07) is 14.2. The summed E-state index contributed by atoms with van der Waals surface area (Å²) in [7, 11) is 0. The van der Waals surface area contributed by atoms with Crippen molar-refractivity contribution in [2.45, 2.75) is 25.5 Å². The SMILES string of the molecule is N[C@H](CNc1nc(-c2ccncc2)nc2sc3c(c12)CCOC3)Cc1ccccc1. The lowest BCUT2D eigenvalue weighted by molar-refractivity contribution is 0.114. The zero-order chi connectivity index (χ0) is 20.3. The van der Waals surface area contributed by atoms with Crippen LogP contribution in [0.15, 0.2) is 54.9 Å². The predicted octanol–water partition coefficient (Wildman–Crippen LogP) is 3.81. The van der Waals surface area contributed by atoms with Crippen molar-refractivity contribution in [3.8, 4) is 11.4 Å². The normalized spacial score (nSPS) is 14.4. The van der Waals surface area contributed by atoms with E-state index in [2.05, 4.69) is 22.4 Å². The van der Waals surface area contributed by atoms with Gasteiger partial charge in [0.1, 0.15) is 10.6 Å². The second-order valence-electron chi connectivity index (χ2n) is 7.45. The largest absolute Gasteiger partial charge is 0.376 e. The van der Waals surface area contributed by atoms with Gasteiger partial charge in [-0.3, -0.25) is 4.98 Å². The van der Waals surface area contributed by atoms with Crippen LogP contribution in [-0.2, 0) is 24.2 Å². The fourth-order valence-electron chi connectivity index (χ4n) is 3.80. The molecule has 6 nitrogen and oxygen atoms in total. The molecule has 30 heavy (non-hydrogen) atoms. The van der Waals surface area contributed by atoms with E-state index in [1.54, 1.807) is 23.7 Å². The summed E-state index contributed by atoms with van der Waals surface area (Å²) in [5, 5.41) is 4.64. The Morgan fingerprint density at radius 3 is 2.77 bits per heavy atom. The van der Waals surface area contributed by atoms with E-state index in [9.17, 15) is 0 Å². The molecule has 0 unspecified atom stereocenters. The second-order valence-corrected chi connectivity index (χ2v) is 8.53. The van der Waals surface area contributed by atoms with Crippen molar-refractivity contribution >= 4 is 27.4 Å². The van der Waals surface area contributed by atoms with Crippen LogP contribution in [0.4, 0.5) is 5.82 Å². The standard InChI is InChI=1S/C23H23N5OS/c24-17(12-15-4-2-1-3-5-15)13-26-22-20-18-8-11-29-14-19(18)30-23(20)28-21(27-22)16-6-9-25-10-7-16/h1-7,9-10,17H,8,11-14,24H2,(H,26,27,28)/t17-/m0/s1. The minimum absolute atomic E-state index is 0.0143. The van der Waals surface area contributed by atoms with Gasteiger partial charge in [-0.1, -0.05) is 30.3 Å². The van der Waals surface area contributed by atoms with Gasteiger partial charge in [0.2, 0.25) is 0 Å². The van der Waals surface area contributed by atoms with Crippen LogP contribution in [0.1, 0.15) is 16.0 Å². The molecule has 0 saturated heterocycles. The highest BCUT2D eigenvalue weighted by atomic mass is 32.1. The maximum absolute atomic E-state index is 6.43. The van der Waals surface area contributed by atoms with Gasteiger partial charge in [-0.15, -0.1) is 11.3 Å². The number of benzene rings is 1. The van der Waals surface area contributed by atoms with E-state index in [1.165, 1.54) is 16.0 Å². The number of nitrogens with one attached hydrogen (secondary N) is 1. The Morgan fingerprint density at radius 2 is 1.93 bits per heavy atom. The molecule has 3 N–H and O–H groups in total. The van der Waals surface area contributed by atoms with Crippen molar-refractivity contribution in [3.05, 3.63) is 70.9 Å². The third-order valence-electron chi connectivity index (χ3n) is 5.27. The first kappa shape index (κ1) is 19.1. The molecular weight excluding hydrogens is 394 g/mol. The number of fused-ring (bicyclic) bond motifs is 3. The number of hydrogen-bond acceptors (Lipinski definition) is 7. The molecule has 0 bridgehead atoms. The smallest absolute Gasteiger partial charge is 0.163 e. The highest BCUT2D eigenvalue weighted by molar-refractivity contribution is 7.19. The van der Waals surface area contributed by atoms with Crippen molar-refractivity contribution in [1.82, 2.24) is 15.0 Å². The van der Waals surface area contributed by atoms with Crippen molar-refractivity contribution in [3.63, 3.8) is 0 Å². The molecule has 3 aromatic heterocycles. The van der Waals surface area contributed by atoms with Crippen molar-refractivity contribution in [2.75, 3.05) is 18.5 Å². The van der Waals surface area contributed by atoms with Crippen LogP contribution in [0, 0.1) is 0 Å². The van der Waals surface area contributed by atoms with Gasteiger partial charge in [0, 0.05) is 35.4 Å². The number of ether oxygens (including phenoxy) is 1. The molecule has 0 spiro atoms. The lowest BCUT2D eigenvalue weighted by Gasteiger charge is -2.16. The number of aromatic nitrogens is 3. The third-order valence-corrected chi connectivity index (χ3v) is 6.37. The number of nitrogens with two attached hydrogens (primary N) is 1. The van der Waals surface area contributed by atoms with Crippen LogP contribution in [0.3, 0.4) is 0 Å². The molecule has 1 aromatic carbocycles. The lowest BCUT2D eigenvalue weighted by atomic mass is 10.1. The zero-order valence-corrected chi connectivity index (χ0v) is 17.4. The van der Waals surface area contributed by atoms with Gasteiger partial charge in [-0.2, -0.15) is 0 Å². The zero-order valence-electron chi connectivity index (χ0n) is 16.5. The van der Waals surface area contributed by atoms with E-state index < -0.39 is 0 Å². The summed E-state index contributed by atoms with van der Waals surface area (Å²) >= 11 is 1.70. The van der Waals surface area contributed by atoms with E-state index in [0.717, 1.165) is 41.0 Å². The highest BCUT2D eigenvalue weighted by Gasteiger charge is 2.22. The molecule has 7 heteroatoms. The predicted molar refractivity (Wildman–Crippen MR) is 121 cm³/mol. The average Bonchev–Trinajstić information content (AvgIpc) is 3.17. The molecule has 0 saturated carbocycles. The molecule has 4 heterocycles. The maximum atomic E-state index is 6.43. The molecule has 4 aromatic rings. The first-order valence-electron chi connectivity index (χ1n) is 10.1. The van der Waals surface area contributed by atoms with Crippen LogP contribution in [0.5, 0.6) is 0 Å². The van der Waals surface area contributed by atoms with Gasteiger partial charge in [-0.25, -0.2) is 9.97 Å². The monoisotopic (exact) mass is 417 g/mol. The number of anilines is 1.